The molecule has 4 aliphatic rings. The molecule has 8 nitrogen and oxygen atoms in total. The summed E-state index contributed by atoms with van der Waals surface area (Å²) in [7, 11) is -3.47. The fourth-order valence-corrected chi connectivity index (χ4v) is 7.01. The van der Waals surface area contributed by atoms with E-state index in [0.717, 1.165) is 29.1 Å². The minimum Gasteiger partial charge on any atom is -0.382 e. The van der Waals surface area contributed by atoms with Gasteiger partial charge in [0.2, 0.25) is 15.9 Å². The zero-order chi connectivity index (χ0) is 29.5. The molecule has 4 atom stereocenters. The van der Waals surface area contributed by atoms with Crippen LogP contribution in [0.5, 0.6) is 0 Å². The molecule has 2 aliphatic heterocycles. The van der Waals surface area contributed by atoms with Crippen molar-refractivity contribution < 1.29 is 40.7 Å². The van der Waals surface area contributed by atoms with Gasteiger partial charge >= 0.3 is 6.18 Å². The second kappa shape index (κ2) is 9.50. The zero-order valence-electron chi connectivity index (χ0n) is 22.1. The summed E-state index contributed by atoms with van der Waals surface area (Å²) in [6, 6.07) is 6.81. The number of likely N-dealkylation sites (tertiary alicyclic amines) is 1. The Morgan fingerprint density at radius 1 is 1.10 bits per heavy atom. The maximum atomic E-state index is 14.8. The van der Waals surface area contributed by atoms with E-state index in [1.54, 1.807) is 18.2 Å². The largest absolute Gasteiger partial charge is 0.416 e. The number of fused-ring (bicyclic) bond motifs is 1. The highest BCUT2D eigenvalue weighted by Crippen LogP contribution is 2.49. The second-order valence-electron chi connectivity index (χ2n) is 11.7. The Labute approximate surface area is 234 Å². The Kier molecular flexibility index (Phi) is 6.51. The fraction of sp³-hybridized carbons (Fsp3) is 0.500. The smallest absolute Gasteiger partial charge is 0.382 e. The first-order valence-corrected chi connectivity index (χ1v) is 15.3. The third kappa shape index (κ3) is 5.23. The number of aliphatic hydroxyl groups is 1. The lowest BCUT2D eigenvalue weighted by Gasteiger charge is -2.45. The number of hydrogen-bond acceptors (Lipinski definition) is 5. The maximum absolute atomic E-state index is 14.8. The summed E-state index contributed by atoms with van der Waals surface area (Å²) < 4.78 is 78.6. The predicted molar refractivity (Wildman–Crippen MR) is 138 cm³/mol. The van der Waals surface area contributed by atoms with Crippen LogP contribution in [0.3, 0.4) is 0 Å². The molecule has 2 aromatic rings. The monoisotopic (exact) mass is 595 g/mol. The summed E-state index contributed by atoms with van der Waals surface area (Å²) in [6.07, 6.45) is -1.10. The van der Waals surface area contributed by atoms with E-state index >= 15 is 0 Å². The molecule has 13 heteroatoms. The molecular formula is C28H29F4N3O5S. The molecular weight excluding hydrogens is 566 g/mol. The number of amides is 2. The zero-order valence-corrected chi connectivity index (χ0v) is 22.9. The molecule has 2 saturated heterocycles. The summed E-state index contributed by atoms with van der Waals surface area (Å²) in [5, 5.41) is 13.8. The normalized spacial score (nSPS) is 26.2. The number of rotatable bonds is 7. The molecule has 0 radical (unpaired) electrons. The molecule has 2 heterocycles. The van der Waals surface area contributed by atoms with Gasteiger partial charge in [0, 0.05) is 30.3 Å². The van der Waals surface area contributed by atoms with Gasteiger partial charge in [-0.3, -0.25) is 9.59 Å². The molecule has 0 aromatic heterocycles. The molecule has 2 aliphatic carbocycles. The average molecular weight is 596 g/mol. The van der Waals surface area contributed by atoms with Crippen molar-refractivity contribution in [2.45, 2.75) is 55.6 Å². The number of hydrogen-bond donors (Lipinski definition) is 2. The van der Waals surface area contributed by atoms with Crippen LogP contribution in [0.25, 0.3) is 0 Å². The molecule has 6 rings (SSSR count). The highest BCUT2D eigenvalue weighted by Gasteiger charge is 2.57. The SMILES string of the molecule is CS(=O)(=O)N1CC(O)(c2cccc(C(=O)N3[C@@H](C(=O)NC(c4ccc(C(F)(F)F)cc4F)C4CC4)C[C@H]4C[C@H]43)c2)C1. The maximum Gasteiger partial charge on any atom is 0.416 e. The Bertz CT molecular complexity index is 1520. The van der Waals surface area contributed by atoms with Gasteiger partial charge in [0.25, 0.3) is 5.91 Å². The topological polar surface area (TPSA) is 107 Å². The lowest BCUT2D eigenvalue weighted by atomic mass is 9.87. The molecule has 2 aromatic carbocycles. The fourth-order valence-electron chi connectivity index (χ4n) is 6.11. The first-order valence-electron chi connectivity index (χ1n) is 13.4. The molecule has 41 heavy (non-hydrogen) atoms. The molecule has 1 unspecified atom stereocenters. The quantitative estimate of drug-likeness (QED) is 0.479. The van der Waals surface area contributed by atoms with Crippen LogP contribution in [0.15, 0.2) is 42.5 Å². The van der Waals surface area contributed by atoms with Crippen LogP contribution in [-0.2, 0) is 26.6 Å². The van der Waals surface area contributed by atoms with Crippen molar-refractivity contribution in [2.75, 3.05) is 19.3 Å². The van der Waals surface area contributed by atoms with Crippen molar-refractivity contribution in [3.63, 3.8) is 0 Å². The van der Waals surface area contributed by atoms with Gasteiger partial charge in [0.1, 0.15) is 17.5 Å². The number of nitrogens with one attached hydrogen (secondary N) is 1. The van der Waals surface area contributed by atoms with E-state index in [-0.39, 0.29) is 42.1 Å². The number of carbonyl (C=O) groups is 2. The average Bonchev–Trinajstić information content (AvgIpc) is 3.82. The Morgan fingerprint density at radius 2 is 1.80 bits per heavy atom. The van der Waals surface area contributed by atoms with Crippen molar-refractivity contribution in [2.24, 2.45) is 11.8 Å². The first-order chi connectivity index (χ1) is 19.2. The number of benzene rings is 2. The van der Waals surface area contributed by atoms with Crippen molar-refractivity contribution >= 4 is 21.8 Å². The lowest BCUT2D eigenvalue weighted by molar-refractivity contribution is -0.137. The molecule has 0 bridgehead atoms. The summed E-state index contributed by atoms with van der Waals surface area (Å²) >= 11 is 0. The standard InChI is InChI=1S/C28H29F4N3O5S/c1-41(39,40)34-13-27(38,14-34)18-4-2-3-16(9-18)26(37)35-22-10-17(22)11-23(35)25(36)33-24(15-5-6-15)20-8-7-19(12-21(20)29)28(30,31)32/h2-4,7-9,12,15,17,22-24,38H,5-6,10-11,13-14H2,1H3,(H,33,36)/t17-,22-,23-,24?/m1/s1. The van der Waals surface area contributed by atoms with Gasteiger partial charge < -0.3 is 15.3 Å². The Hall–Kier alpha value is -3.03. The number of carbonyl (C=O) groups excluding carboxylic acids is 2. The Balaban J connectivity index is 1.20. The van der Waals surface area contributed by atoms with Gasteiger partial charge in [0.15, 0.2) is 0 Å². The van der Waals surface area contributed by atoms with Crippen LogP contribution in [0.4, 0.5) is 17.6 Å². The number of piperidine rings is 1. The number of β-amino-alcohol motifs (C(OH)–C–C–N with tert-alkyl or cyclic N) is 1. The van der Waals surface area contributed by atoms with Crippen molar-refractivity contribution in [1.29, 1.82) is 0 Å². The van der Waals surface area contributed by atoms with Crippen molar-refractivity contribution in [1.82, 2.24) is 14.5 Å². The summed E-state index contributed by atoms with van der Waals surface area (Å²) in [5.41, 5.74) is -1.93. The molecule has 2 saturated carbocycles. The molecule has 2 amide bonds. The number of alkyl halides is 3. The number of nitrogens with zero attached hydrogens (tertiary/aromatic N) is 2. The van der Waals surface area contributed by atoms with Crippen molar-refractivity contribution in [3.05, 3.63) is 70.5 Å². The van der Waals surface area contributed by atoms with Crippen molar-refractivity contribution in [3.8, 4) is 0 Å². The lowest BCUT2D eigenvalue weighted by Crippen LogP contribution is -2.60. The van der Waals surface area contributed by atoms with E-state index in [4.69, 9.17) is 0 Å². The van der Waals surface area contributed by atoms with E-state index in [9.17, 15) is 40.7 Å². The number of halogens is 4. The second-order valence-corrected chi connectivity index (χ2v) is 13.7. The van der Waals surface area contributed by atoms with E-state index < -0.39 is 57.1 Å². The summed E-state index contributed by atoms with van der Waals surface area (Å²) in [4.78, 5) is 28.7. The molecule has 4 fully saturated rings. The van der Waals surface area contributed by atoms with Crippen LogP contribution in [0.2, 0.25) is 0 Å². The highest BCUT2D eigenvalue weighted by atomic mass is 32.2. The summed E-state index contributed by atoms with van der Waals surface area (Å²) in [5.74, 6) is -1.92. The third-order valence-corrected chi connectivity index (χ3v) is 9.88. The first kappa shape index (κ1) is 28.1. The van der Waals surface area contributed by atoms with Crippen LogP contribution >= 0.6 is 0 Å². The molecule has 220 valence electrons. The highest BCUT2D eigenvalue weighted by molar-refractivity contribution is 7.88. The van der Waals surface area contributed by atoms with Crippen LogP contribution in [-0.4, -0.2) is 66.0 Å². The van der Waals surface area contributed by atoms with Crippen LogP contribution in [0.1, 0.15) is 58.8 Å². The molecule has 0 spiro atoms. The van der Waals surface area contributed by atoms with Gasteiger partial charge in [0.05, 0.1) is 17.9 Å². The third-order valence-electron chi connectivity index (χ3n) is 8.69. The van der Waals surface area contributed by atoms with E-state index in [1.165, 1.54) is 11.0 Å². The van der Waals surface area contributed by atoms with Gasteiger partial charge in [-0.25, -0.2) is 12.8 Å². The van der Waals surface area contributed by atoms with Crippen LogP contribution in [0, 0.1) is 17.7 Å². The minimum absolute atomic E-state index is 0.0144. The predicted octanol–water partition coefficient (Wildman–Crippen LogP) is 3.18. The molecule has 2 N–H and O–H groups in total. The van der Waals surface area contributed by atoms with Gasteiger partial charge in [-0.2, -0.15) is 17.5 Å². The van der Waals surface area contributed by atoms with Crippen LogP contribution < -0.4 is 5.32 Å². The minimum atomic E-state index is -4.69. The van der Waals surface area contributed by atoms with E-state index in [0.29, 0.717) is 30.9 Å². The van der Waals surface area contributed by atoms with Gasteiger partial charge in [-0.1, -0.05) is 18.2 Å². The van der Waals surface area contributed by atoms with Gasteiger partial charge in [-0.15, -0.1) is 0 Å². The van der Waals surface area contributed by atoms with Gasteiger partial charge in [-0.05, 0) is 67.3 Å². The Morgan fingerprint density at radius 3 is 2.41 bits per heavy atom. The van der Waals surface area contributed by atoms with E-state index in [1.807, 2.05) is 0 Å². The number of sulfonamides is 1. The summed E-state index contributed by atoms with van der Waals surface area (Å²) in [6.45, 7) is -0.266. The van der Waals surface area contributed by atoms with E-state index in [2.05, 4.69) is 5.32 Å².